The highest BCUT2D eigenvalue weighted by atomic mass is 35.5. The second-order valence-electron chi connectivity index (χ2n) is 3.92. The number of hydrogen-bond acceptors (Lipinski definition) is 4. The molecular weight excluding hydrogens is 323 g/mol. The molecule has 21 heavy (non-hydrogen) atoms. The molecule has 2 N–H and O–H groups in total. The molecule has 0 atom stereocenters. The summed E-state index contributed by atoms with van der Waals surface area (Å²) < 4.78 is 39.4. The monoisotopic (exact) mass is 330 g/mol. The number of benzene rings is 1. The topological polar surface area (TPSA) is 96.4 Å². The molecule has 0 aliphatic heterocycles. The Morgan fingerprint density at radius 1 is 1.29 bits per heavy atom. The van der Waals surface area contributed by atoms with Gasteiger partial charge in [-0.05, 0) is 30.3 Å². The third-order valence-electron chi connectivity index (χ3n) is 2.43. The maximum Gasteiger partial charge on any atom is 0.337 e. The Balaban J connectivity index is 2.29. The Hall–Kier alpha value is -2.19. The Morgan fingerprint density at radius 2 is 2.00 bits per heavy atom. The maximum atomic E-state index is 13.3. The number of hydrogen-bond donors (Lipinski definition) is 2. The number of anilines is 1. The first-order valence-electron chi connectivity index (χ1n) is 5.47. The summed E-state index contributed by atoms with van der Waals surface area (Å²) in [6.07, 6.45) is 0.916. The molecule has 9 heteroatoms. The van der Waals surface area contributed by atoms with Gasteiger partial charge in [-0.25, -0.2) is 14.2 Å². The third kappa shape index (κ3) is 3.47. The molecule has 1 aromatic carbocycles. The van der Waals surface area contributed by atoms with E-state index in [0.29, 0.717) is 0 Å². The lowest BCUT2D eigenvalue weighted by molar-refractivity contribution is 0.0696. The first-order chi connectivity index (χ1) is 9.79. The van der Waals surface area contributed by atoms with Crippen molar-refractivity contribution in [3.63, 3.8) is 0 Å². The standard InChI is InChI=1S/C12H8ClFN2O4S/c13-9-3-2-8(5-10(9)14)16-21(19,20)11-4-1-7(6-15-11)12(17)18/h1-6,16H,(H,17,18). The lowest BCUT2D eigenvalue weighted by Gasteiger charge is -2.08. The first kappa shape index (κ1) is 15.2. The fourth-order valence-electron chi connectivity index (χ4n) is 1.43. The minimum atomic E-state index is -4.05. The zero-order valence-corrected chi connectivity index (χ0v) is 11.8. The normalized spacial score (nSPS) is 11.1. The van der Waals surface area contributed by atoms with Gasteiger partial charge in [0.1, 0.15) is 5.82 Å². The summed E-state index contributed by atoms with van der Waals surface area (Å²) in [4.78, 5) is 14.2. The molecule has 0 saturated heterocycles. The number of carbonyl (C=O) groups is 1. The SMILES string of the molecule is O=C(O)c1ccc(S(=O)(=O)Nc2ccc(Cl)c(F)c2)nc1. The van der Waals surface area contributed by atoms with Crippen LogP contribution in [0.1, 0.15) is 10.4 Å². The summed E-state index contributed by atoms with van der Waals surface area (Å²) in [5.41, 5.74) is -0.174. The molecule has 0 radical (unpaired) electrons. The van der Waals surface area contributed by atoms with E-state index in [2.05, 4.69) is 9.71 Å². The summed E-state index contributed by atoms with van der Waals surface area (Å²) in [6.45, 7) is 0. The Labute approximate surface area is 124 Å². The van der Waals surface area contributed by atoms with E-state index in [-0.39, 0.29) is 21.3 Å². The van der Waals surface area contributed by atoms with E-state index < -0.39 is 21.8 Å². The first-order valence-corrected chi connectivity index (χ1v) is 7.33. The summed E-state index contributed by atoms with van der Waals surface area (Å²) >= 11 is 5.50. The summed E-state index contributed by atoms with van der Waals surface area (Å²) in [6, 6.07) is 5.56. The van der Waals surface area contributed by atoms with E-state index in [0.717, 1.165) is 24.4 Å². The highest BCUT2D eigenvalue weighted by Gasteiger charge is 2.17. The fraction of sp³-hybridized carbons (Fsp3) is 0. The van der Waals surface area contributed by atoms with Crippen LogP contribution in [0.15, 0.2) is 41.6 Å². The second kappa shape index (κ2) is 5.66. The van der Waals surface area contributed by atoms with Crippen LogP contribution in [0.5, 0.6) is 0 Å². The van der Waals surface area contributed by atoms with E-state index >= 15 is 0 Å². The molecule has 2 rings (SSSR count). The number of halogens is 2. The average Bonchev–Trinajstić information content (AvgIpc) is 2.43. The zero-order valence-electron chi connectivity index (χ0n) is 10.2. The van der Waals surface area contributed by atoms with Crippen molar-refractivity contribution in [2.24, 2.45) is 0 Å². The van der Waals surface area contributed by atoms with Gasteiger partial charge in [-0.15, -0.1) is 0 Å². The maximum absolute atomic E-state index is 13.3. The van der Waals surface area contributed by atoms with Gasteiger partial charge >= 0.3 is 5.97 Å². The summed E-state index contributed by atoms with van der Waals surface area (Å²) in [5, 5.41) is 8.19. The molecule has 0 fully saturated rings. The van der Waals surface area contributed by atoms with Gasteiger partial charge in [-0.3, -0.25) is 4.72 Å². The van der Waals surface area contributed by atoms with Crippen molar-refractivity contribution in [2.75, 3.05) is 4.72 Å². The predicted molar refractivity (Wildman–Crippen MR) is 73.4 cm³/mol. The molecule has 0 saturated carbocycles. The number of pyridine rings is 1. The molecule has 110 valence electrons. The van der Waals surface area contributed by atoms with Gasteiger partial charge in [0, 0.05) is 6.20 Å². The highest BCUT2D eigenvalue weighted by Crippen LogP contribution is 2.21. The molecular formula is C12H8ClFN2O4S. The van der Waals surface area contributed by atoms with E-state index in [1.54, 1.807) is 0 Å². The summed E-state index contributed by atoms with van der Waals surface area (Å²) in [7, 11) is -4.05. The molecule has 2 aromatic rings. The van der Waals surface area contributed by atoms with Crippen LogP contribution in [0.3, 0.4) is 0 Å². The molecule has 0 unspecified atom stereocenters. The second-order valence-corrected chi connectivity index (χ2v) is 5.96. The van der Waals surface area contributed by atoms with Gasteiger partial charge in [0.05, 0.1) is 16.3 Å². The molecule has 1 heterocycles. The number of sulfonamides is 1. The lowest BCUT2D eigenvalue weighted by atomic mass is 10.3. The van der Waals surface area contributed by atoms with Crippen LogP contribution in [0.2, 0.25) is 5.02 Å². The van der Waals surface area contributed by atoms with Crippen LogP contribution in [-0.2, 0) is 10.0 Å². The van der Waals surface area contributed by atoms with Crippen LogP contribution in [0, 0.1) is 5.82 Å². The summed E-state index contributed by atoms with van der Waals surface area (Å²) in [5.74, 6) is -2.00. The van der Waals surface area contributed by atoms with Gasteiger partial charge in [0.2, 0.25) is 0 Å². The number of aromatic nitrogens is 1. The van der Waals surface area contributed by atoms with Crippen LogP contribution in [-0.4, -0.2) is 24.5 Å². The van der Waals surface area contributed by atoms with Crippen LogP contribution in [0.4, 0.5) is 10.1 Å². The van der Waals surface area contributed by atoms with Gasteiger partial charge in [-0.1, -0.05) is 11.6 Å². The Bertz CT molecular complexity index is 793. The largest absolute Gasteiger partial charge is 0.478 e. The molecule has 0 bridgehead atoms. The number of aromatic carboxylic acids is 1. The number of nitrogens with one attached hydrogen (secondary N) is 1. The molecule has 0 spiro atoms. The van der Waals surface area contributed by atoms with E-state index in [1.165, 1.54) is 12.1 Å². The van der Waals surface area contributed by atoms with Crippen molar-refractivity contribution < 1.29 is 22.7 Å². The quantitative estimate of drug-likeness (QED) is 0.897. The van der Waals surface area contributed by atoms with Crippen molar-refractivity contribution in [3.8, 4) is 0 Å². The molecule has 0 aliphatic rings. The number of carboxylic acids is 1. The third-order valence-corrected chi connectivity index (χ3v) is 4.03. The van der Waals surface area contributed by atoms with Gasteiger partial charge in [-0.2, -0.15) is 8.42 Å². The van der Waals surface area contributed by atoms with Gasteiger partial charge in [0.15, 0.2) is 5.03 Å². The van der Waals surface area contributed by atoms with Crippen molar-refractivity contribution >= 4 is 33.3 Å². The fourth-order valence-corrected chi connectivity index (χ4v) is 2.53. The molecule has 0 amide bonds. The number of carboxylic acid groups (broad SMARTS) is 1. The van der Waals surface area contributed by atoms with Gasteiger partial charge < -0.3 is 5.11 Å². The molecule has 0 aliphatic carbocycles. The molecule has 1 aromatic heterocycles. The number of nitrogens with zero attached hydrogens (tertiary/aromatic N) is 1. The average molecular weight is 331 g/mol. The van der Waals surface area contributed by atoms with Crippen molar-refractivity contribution in [2.45, 2.75) is 5.03 Å². The minimum Gasteiger partial charge on any atom is -0.478 e. The van der Waals surface area contributed by atoms with E-state index in [1.807, 2.05) is 0 Å². The number of rotatable bonds is 4. The van der Waals surface area contributed by atoms with Crippen molar-refractivity contribution in [3.05, 3.63) is 52.9 Å². The predicted octanol–water partition coefficient (Wildman–Crippen LogP) is 2.37. The van der Waals surface area contributed by atoms with Crippen LogP contribution >= 0.6 is 11.6 Å². The Morgan fingerprint density at radius 3 is 2.52 bits per heavy atom. The van der Waals surface area contributed by atoms with Crippen molar-refractivity contribution in [1.82, 2.24) is 4.98 Å². The van der Waals surface area contributed by atoms with E-state index in [4.69, 9.17) is 16.7 Å². The zero-order chi connectivity index (χ0) is 15.6. The van der Waals surface area contributed by atoms with E-state index in [9.17, 15) is 17.6 Å². The Kier molecular flexibility index (Phi) is 4.10. The highest BCUT2D eigenvalue weighted by molar-refractivity contribution is 7.92. The van der Waals surface area contributed by atoms with Crippen molar-refractivity contribution in [1.29, 1.82) is 0 Å². The minimum absolute atomic E-state index is 0.0268. The smallest absolute Gasteiger partial charge is 0.337 e. The van der Waals surface area contributed by atoms with Crippen LogP contribution < -0.4 is 4.72 Å². The van der Waals surface area contributed by atoms with Crippen LogP contribution in [0.25, 0.3) is 0 Å². The molecule has 6 nitrogen and oxygen atoms in total. The lowest BCUT2D eigenvalue weighted by Crippen LogP contribution is -2.15. The van der Waals surface area contributed by atoms with Gasteiger partial charge in [0.25, 0.3) is 10.0 Å².